The highest BCUT2D eigenvalue weighted by Crippen LogP contribution is 2.23. The predicted molar refractivity (Wildman–Crippen MR) is 114 cm³/mol. The second-order valence-corrected chi connectivity index (χ2v) is 8.46. The van der Waals surface area contributed by atoms with Crippen LogP contribution in [0.2, 0.25) is 0 Å². The number of nitrogens with zero attached hydrogens (tertiary/aromatic N) is 4. The summed E-state index contributed by atoms with van der Waals surface area (Å²) in [5.41, 5.74) is 1.18. The topological polar surface area (TPSA) is 80.1 Å². The van der Waals surface area contributed by atoms with Crippen molar-refractivity contribution in [3.63, 3.8) is 0 Å². The van der Waals surface area contributed by atoms with Gasteiger partial charge in [-0.1, -0.05) is 32.1 Å². The standard InChI is InChI=1S/C22H31N5O2/c1-26-19-18(10-7-13-23-19)25-20(22(26)29)27-14-11-16(12-15-27)21(28)24-17-8-5-3-2-4-6-9-17/h7,10,13,16-17H,2-6,8-9,11-12,14-15H2,1H3,(H,24,28). The maximum atomic E-state index is 12.8. The van der Waals surface area contributed by atoms with Gasteiger partial charge >= 0.3 is 0 Å². The molecule has 0 atom stereocenters. The number of hydrogen-bond acceptors (Lipinski definition) is 5. The van der Waals surface area contributed by atoms with Crippen molar-refractivity contribution in [1.82, 2.24) is 19.9 Å². The Morgan fingerprint density at radius 1 is 1.07 bits per heavy atom. The Morgan fingerprint density at radius 3 is 2.48 bits per heavy atom. The molecule has 0 radical (unpaired) electrons. The molecule has 0 bridgehead atoms. The van der Waals surface area contributed by atoms with Gasteiger partial charge in [0.25, 0.3) is 5.56 Å². The van der Waals surface area contributed by atoms with E-state index in [0.29, 0.717) is 36.1 Å². The van der Waals surface area contributed by atoms with Crippen molar-refractivity contribution in [1.29, 1.82) is 0 Å². The predicted octanol–water partition coefficient (Wildman–Crippen LogP) is 2.77. The zero-order valence-electron chi connectivity index (χ0n) is 17.3. The van der Waals surface area contributed by atoms with Gasteiger partial charge in [-0.15, -0.1) is 0 Å². The molecular formula is C22H31N5O2. The normalized spacial score (nSPS) is 19.7. The van der Waals surface area contributed by atoms with Crippen LogP contribution in [-0.4, -0.2) is 39.6 Å². The Morgan fingerprint density at radius 2 is 1.76 bits per heavy atom. The van der Waals surface area contributed by atoms with Crippen molar-refractivity contribution in [2.24, 2.45) is 13.0 Å². The van der Waals surface area contributed by atoms with Gasteiger partial charge < -0.3 is 10.2 Å². The van der Waals surface area contributed by atoms with E-state index in [1.807, 2.05) is 17.0 Å². The minimum atomic E-state index is -0.131. The molecule has 7 heteroatoms. The number of fused-ring (bicyclic) bond motifs is 1. The van der Waals surface area contributed by atoms with Crippen LogP contribution in [0.25, 0.3) is 11.2 Å². The zero-order valence-corrected chi connectivity index (χ0v) is 17.3. The first kappa shape index (κ1) is 19.9. The number of aromatic nitrogens is 3. The Kier molecular flexibility index (Phi) is 6.11. The molecule has 0 unspecified atom stereocenters. The molecule has 2 fully saturated rings. The van der Waals surface area contributed by atoms with E-state index in [1.165, 1.54) is 32.1 Å². The summed E-state index contributed by atoms with van der Waals surface area (Å²) in [7, 11) is 1.73. The second kappa shape index (κ2) is 8.93. The maximum absolute atomic E-state index is 12.8. The fourth-order valence-electron chi connectivity index (χ4n) is 4.62. The average Bonchev–Trinajstić information content (AvgIpc) is 2.72. The minimum Gasteiger partial charge on any atom is -0.353 e. The van der Waals surface area contributed by atoms with Gasteiger partial charge in [0.2, 0.25) is 5.91 Å². The molecule has 0 aromatic carbocycles. The number of rotatable bonds is 3. The van der Waals surface area contributed by atoms with Crippen molar-refractivity contribution in [2.45, 2.75) is 63.8 Å². The lowest BCUT2D eigenvalue weighted by atomic mass is 9.93. The smallest absolute Gasteiger partial charge is 0.294 e. The number of aryl methyl sites for hydroxylation is 1. The first-order valence-corrected chi connectivity index (χ1v) is 11.0. The molecule has 1 aliphatic heterocycles. The summed E-state index contributed by atoms with van der Waals surface area (Å²) in [5, 5.41) is 3.31. The molecule has 1 amide bonds. The summed E-state index contributed by atoms with van der Waals surface area (Å²) >= 11 is 0. The maximum Gasteiger partial charge on any atom is 0.294 e. The number of amides is 1. The second-order valence-electron chi connectivity index (χ2n) is 8.46. The summed E-state index contributed by atoms with van der Waals surface area (Å²) in [6, 6.07) is 4.04. The molecule has 3 heterocycles. The Hall–Kier alpha value is -2.44. The van der Waals surface area contributed by atoms with Crippen LogP contribution < -0.4 is 15.8 Å². The molecule has 2 aliphatic rings. The molecule has 1 N–H and O–H groups in total. The molecule has 29 heavy (non-hydrogen) atoms. The van der Waals surface area contributed by atoms with Crippen LogP contribution >= 0.6 is 0 Å². The number of carbonyl (C=O) groups excluding carboxylic acids is 1. The largest absolute Gasteiger partial charge is 0.353 e. The van der Waals surface area contributed by atoms with Crippen LogP contribution in [0.3, 0.4) is 0 Å². The number of nitrogens with one attached hydrogen (secondary N) is 1. The van der Waals surface area contributed by atoms with Crippen molar-refractivity contribution in [3.8, 4) is 0 Å². The van der Waals surface area contributed by atoms with Gasteiger partial charge in [0.1, 0.15) is 5.52 Å². The SMILES string of the molecule is Cn1c(=O)c(N2CCC(C(=O)NC3CCCCCCC3)CC2)nc2cccnc21. The monoisotopic (exact) mass is 397 g/mol. The molecule has 156 valence electrons. The number of piperidine rings is 1. The third-order valence-electron chi connectivity index (χ3n) is 6.42. The molecule has 1 aliphatic carbocycles. The van der Waals surface area contributed by atoms with Crippen molar-refractivity contribution >= 4 is 22.9 Å². The summed E-state index contributed by atoms with van der Waals surface area (Å²) in [6.07, 6.45) is 11.7. The van der Waals surface area contributed by atoms with Crippen LogP contribution in [0.5, 0.6) is 0 Å². The molecular weight excluding hydrogens is 366 g/mol. The lowest BCUT2D eigenvalue weighted by molar-refractivity contribution is -0.126. The van der Waals surface area contributed by atoms with E-state index in [1.54, 1.807) is 17.8 Å². The van der Waals surface area contributed by atoms with E-state index >= 15 is 0 Å². The van der Waals surface area contributed by atoms with Crippen molar-refractivity contribution in [3.05, 3.63) is 28.7 Å². The van der Waals surface area contributed by atoms with Crippen LogP contribution in [0.15, 0.2) is 23.1 Å². The number of pyridine rings is 1. The van der Waals surface area contributed by atoms with E-state index < -0.39 is 0 Å². The van der Waals surface area contributed by atoms with E-state index in [2.05, 4.69) is 15.3 Å². The lowest BCUT2D eigenvalue weighted by Gasteiger charge is -2.33. The van der Waals surface area contributed by atoms with Gasteiger partial charge in [0.05, 0.1) is 0 Å². The summed E-state index contributed by atoms with van der Waals surface area (Å²) in [5.74, 6) is 0.688. The average molecular weight is 398 g/mol. The highest BCUT2D eigenvalue weighted by molar-refractivity contribution is 5.79. The molecule has 2 aromatic heterocycles. The third-order valence-corrected chi connectivity index (χ3v) is 6.42. The van der Waals surface area contributed by atoms with Crippen molar-refractivity contribution in [2.75, 3.05) is 18.0 Å². The summed E-state index contributed by atoms with van der Waals surface area (Å²) in [6.45, 7) is 1.35. The van der Waals surface area contributed by atoms with Gasteiger partial charge in [0, 0.05) is 38.3 Å². The summed E-state index contributed by atoms with van der Waals surface area (Å²) < 4.78 is 1.56. The lowest BCUT2D eigenvalue weighted by Crippen LogP contribution is -2.45. The van der Waals surface area contributed by atoms with Gasteiger partial charge in [-0.3, -0.25) is 14.2 Å². The van der Waals surface area contributed by atoms with E-state index in [4.69, 9.17) is 0 Å². The van der Waals surface area contributed by atoms with Gasteiger partial charge in [-0.2, -0.15) is 0 Å². The number of carbonyl (C=O) groups is 1. The number of anilines is 1. The Balaban J connectivity index is 1.39. The molecule has 1 saturated heterocycles. The summed E-state index contributed by atoms with van der Waals surface area (Å²) in [4.78, 5) is 36.4. The van der Waals surface area contributed by atoms with E-state index in [9.17, 15) is 9.59 Å². The van der Waals surface area contributed by atoms with Gasteiger partial charge in [0.15, 0.2) is 11.5 Å². The fraction of sp³-hybridized carbons (Fsp3) is 0.636. The number of hydrogen-bond donors (Lipinski definition) is 1. The molecule has 0 spiro atoms. The minimum absolute atomic E-state index is 0.0302. The highest BCUT2D eigenvalue weighted by atomic mass is 16.2. The Labute approximate surface area is 171 Å². The van der Waals surface area contributed by atoms with Gasteiger partial charge in [-0.05, 0) is 37.8 Å². The van der Waals surface area contributed by atoms with Crippen molar-refractivity contribution < 1.29 is 4.79 Å². The third kappa shape index (κ3) is 4.43. The van der Waals surface area contributed by atoms with Gasteiger partial charge in [-0.25, -0.2) is 9.97 Å². The highest BCUT2D eigenvalue weighted by Gasteiger charge is 2.28. The van der Waals surface area contributed by atoms with E-state index in [0.717, 1.165) is 25.7 Å². The first-order valence-electron chi connectivity index (χ1n) is 11.0. The fourth-order valence-corrected chi connectivity index (χ4v) is 4.62. The first-order chi connectivity index (χ1) is 14.1. The van der Waals surface area contributed by atoms with Crippen LogP contribution in [-0.2, 0) is 11.8 Å². The molecule has 7 nitrogen and oxygen atoms in total. The molecule has 1 saturated carbocycles. The van der Waals surface area contributed by atoms with E-state index in [-0.39, 0.29) is 17.4 Å². The van der Waals surface area contributed by atoms with Crippen LogP contribution in [0, 0.1) is 5.92 Å². The Bertz CT molecular complexity index is 909. The molecule has 4 rings (SSSR count). The van der Waals surface area contributed by atoms with Crippen LogP contribution in [0.4, 0.5) is 5.82 Å². The van der Waals surface area contributed by atoms with Crippen LogP contribution in [0.1, 0.15) is 57.8 Å². The molecule has 2 aromatic rings. The zero-order chi connectivity index (χ0) is 20.2. The quantitative estimate of drug-likeness (QED) is 0.861.